The van der Waals surface area contributed by atoms with E-state index in [1.807, 2.05) is 61.5 Å². The topological polar surface area (TPSA) is 73.1 Å². The zero-order chi connectivity index (χ0) is 21.8. The number of hydrogen-bond acceptors (Lipinski definition) is 3. The average molecular weight is 413 g/mol. The van der Waals surface area contributed by atoms with E-state index in [0.717, 1.165) is 11.1 Å². The molecule has 0 saturated heterocycles. The molecule has 31 heavy (non-hydrogen) atoms. The van der Waals surface area contributed by atoms with Crippen LogP contribution in [0.5, 0.6) is 0 Å². The number of nitrogens with one attached hydrogen (secondary N) is 1. The van der Waals surface area contributed by atoms with Gasteiger partial charge in [0.2, 0.25) is 5.91 Å². The van der Waals surface area contributed by atoms with Crippen molar-refractivity contribution in [3.05, 3.63) is 111 Å². The van der Waals surface area contributed by atoms with Crippen molar-refractivity contribution >= 4 is 22.5 Å². The molecule has 1 amide bonds. The van der Waals surface area contributed by atoms with Crippen LogP contribution in [0.2, 0.25) is 0 Å². The van der Waals surface area contributed by atoms with Crippen LogP contribution in [0.15, 0.2) is 88.5 Å². The van der Waals surface area contributed by atoms with Crippen LogP contribution in [-0.2, 0) is 24.3 Å². The van der Waals surface area contributed by atoms with E-state index in [1.54, 1.807) is 24.3 Å². The second-order valence-electron chi connectivity index (χ2n) is 7.49. The normalized spacial score (nSPS) is 10.9. The third-order valence-corrected chi connectivity index (χ3v) is 5.24. The van der Waals surface area contributed by atoms with E-state index in [2.05, 4.69) is 5.32 Å². The SMILES string of the molecule is Cc1ccc(NC(=O)Cn2c(=O)n(CCc3ccccc3)c(=O)c3ccccc32)cc1. The van der Waals surface area contributed by atoms with Crippen molar-refractivity contribution in [3.63, 3.8) is 0 Å². The Kier molecular flexibility index (Phi) is 5.80. The first-order chi connectivity index (χ1) is 15.0. The van der Waals surface area contributed by atoms with Gasteiger partial charge in [0.25, 0.3) is 5.56 Å². The third kappa shape index (κ3) is 4.48. The van der Waals surface area contributed by atoms with Gasteiger partial charge in [-0.2, -0.15) is 0 Å². The molecule has 0 spiro atoms. The van der Waals surface area contributed by atoms with Crippen molar-refractivity contribution in [1.82, 2.24) is 9.13 Å². The number of amides is 1. The minimum Gasteiger partial charge on any atom is -0.325 e. The van der Waals surface area contributed by atoms with Crippen LogP contribution in [0.25, 0.3) is 10.9 Å². The van der Waals surface area contributed by atoms with Crippen LogP contribution in [0.1, 0.15) is 11.1 Å². The number of fused-ring (bicyclic) bond motifs is 1. The minimum absolute atomic E-state index is 0.182. The molecule has 0 aliphatic rings. The smallest absolute Gasteiger partial charge is 0.325 e. The highest BCUT2D eigenvalue weighted by atomic mass is 16.2. The number of rotatable bonds is 6. The van der Waals surface area contributed by atoms with Crippen molar-refractivity contribution in [2.45, 2.75) is 26.4 Å². The molecule has 0 aliphatic carbocycles. The van der Waals surface area contributed by atoms with E-state index in [4.69, 9.17) is 0 Å². The molecule has 1 N–H and O–H groups in total. The molecule has 0 bridgehead atoms. The molecular weight excluding hydrogens is 390 g/mol. The summed E-state index contributed by atoms with van der Waals surface area (Å²) in [5, 5.41) is 3.23. The summed E-state index contributed by atoms with van der Waals surface area (Å²) in [6, 6.07) is 24.0. The lowest BCUT2D eigenvalue weighted by Crippen LogP contribution is -2.42. The number of carbonyl (C=O) groups excluding carboxylic acids is 1. The van der Waals surface area contributed by atoms with E-state index in [1.165, 1.54) is 9.13 Å². The number of aromatic nitrogens is 2. The molecule has 0 saturated carbocycles. The van der Waals surface area contributed by atoms with E-state index in [-0.39, 0.29) is 24.6 Å². The first-order valence-electron chi connectivity index (χ1n) is 10.2. The number of carbonyl (C=O) groups is 1. The summed E-state index contributed by atoms with van der Waals surface area (Å²) in [4.78, 5) is 38.9. The number of benzene rings is 3. The summed E-state index contributed by atoms with van der Waals surface area (Å²) in [5.41, 5.74) is 2.40. The van der Waals surface area contributed by atoms with Gasteiger partial charge in [-0.15, -0.1) is 0 Å². The van der Waals surface area contributed by atoms with Gasteiger partial charge in [-0.1, -0.05) is 60.2 Å². The maximum Gasteiger partial charge on any atom is 0.331 e. The summed E-state index contributed by atoms with van der Waals surface area (Å²) in [6.07, 6.45) is 0.546. The molecule has 1 heterocycles. The highest BCUT2D eigenvalue weighted by Gasteiger charge is 2.15. The van der Waals surface area contributed by atoms with Gasteiger partial charge in [-0.25, -0.2) is 4.79 Å². The number of nitrogens with zero attached hydrogens (tertiary/aromatic N) is 2. The molecular formula is C25H23N3O3. The molecule has 0 fully saturated rings. The Morgan fingerprint density at radius 3 is 2.26 bits per heavy atom. The van der Waals surface area contributed by atoms with Gasteiger partial charge < -0.3 is 5.32 Å². The van der Waals surface area contributed by atoms with Crippen molar-refractivity contribution in [2.75, 3.05) is 5.32 Å². The molecule has 156 valence electrons. The largest absolute Gasteiger partial charge is 0.331 e. The van der Waals surface area contributed by atoms with Gasteiger partial charge in [-0.3, -0.25) is 18.7 Å². The van der Waals surface area contributed by atoms with Gasteiger partial charge in [-0.05, 0) is 43.2 Å². The van der Waals surface area contributed by atoms with E-state index in [0.29, 0.717) is 23.0 Å². The Hall–Kier alpha value is -3.93. The van der Waals surface area contributed by atoms with Crippen LogP contribution < -0.4 is 16.6 Å². The fourth-order valence-corrected chi connectivity index (χ4v) is 3.59. The summed E-state index contributed by atoms with van der Waals surface area (Å²) in [6.45, 7) is 2.03. The van der Waals surface area contributed by atoms with Crippen LogP contribution >= 0.6 is 0 Å². The lowest BCUT2D eigenvalue weighted by Gasteiger charge is -2.14. The highest BCUT2D eigenvalue weighted by molar-refractivity contribution is 5.91. The molecule has 0 atom stereocenters. The predicted octanol–water partition coefficient (Wildman–Crippen LogP) is 3.35. The van der Waals surface area contributed by atoms with Crippen molar-refractivity contribution in [1.29, 1.82) is 0 Å². The Bertz CT molecular complexity index is 1340. The fourth-order valence-electron chi connectivity index (χ4n) is 3.59. The zero-order valence-electron chi connectivity index (χ0n) is 17.2. The molecule has 1 aromatic heterocycles. The second kappa shape index (κ2) is 8.83. The second-order valence-corrected chi connectivity index (χ2v) is 7.49. The summed E-state index contributed by atoms with van der Waals surface area (Å²) in [7, 11) is 0. The lowest BCUT2D eigenvalue weighted by atomic mass is 10.1. The molecule has 3 aromatic carbocycles. The number of aryl methyl sites for hydroxylation is 2. The van der Waals surface area contributed by atoms with Crippen molar-refractivity contribution < 1.29 is 4.79 Å². The van der Waals surface area contributed by atoms with Crippen LogP contribution in [0.4, 0.5) is 5.69 Å². The summed E-state index contributed by atoms with van der Waals surface area (Å²) < 4.78 is 2.58. The third-order valence-electron chi connectivity index (χ3n) is 5.24. The Labute approximate surface area is 179 Å². The van der Waals surface area contributed by atoms with Gasteiger partial charge in [0.15, 0.2) is 0 Å². The van der Waals surface area contributed by atoms with E-state index >= 15 is 0 Å². The standard InChI is InChI=1S/C25H23N3O3/c1-18-11-13-20(14-12-18)26-23(29)17-28-22-10-6-5-9-21(22)24(30)27(25(28)31)16-15-19-7-3-2-4-8-19/h2-14H,15-17H2,1H3,(H,26,29). The van der Waals surface area contributed by atoms with E-state index < -0.39 is 5.69 Å². The molecule has 6 heteroatoms. The first-order valence-corrected chi connectivity index (χ1v) is 10.2. The maximum absolute atomic E-state index is 13.2. The quantitative estimate of drug-likeness (QED) is 0.527. The fraction of sp³-hybridized carbons (Fsp3) is 0.160. The highest BCUT2D eigenvalue weighted by Crippen LogP contribution is 2.11. The zero-order valence-corrected chi connectivity index (χ0v) is 17.2. The molecule has 4 aromatic rings. The Morgan fingerprint density at radius 1 is 0.839 bits per heavy atom. The van der Waals surface area contributed by atoms with Crippen molar-refractivity contribution in [3.8, 4) is 0 Å². The Balaban J connectivity index is 1.68. The lowest BCUT2D eigenvalue weighted by molar-refractivity contribution is -0.116. The first kappa shape index (κ1) is 20.3. The van der Waals surface area contributed by atoms with Gasteiger partial charge in [0, 0.05) is 12.2 Å². The molecule has 0 aliphatic heterocycles. The Morgan fingerprint density at radius 2 is 1.52 bits per heavy atom. The van der Waals surface area contributed by atoms with Crippen molar-refractivity contribution in [2.24, 2.45) is 0 Å². The van der Waals surface area contributed by atoms with Gasteiger partial charge in [0.05, 0.1) is 10.9 Å². The summed E-state index contributed by atoms with van der Waals surface area (Å²) >= 11 is 0. The number of hydrogen-bond donors (Lipinski definition) is 1. The number of para-hydroxylation sites is 1. The van der Waals surface area contributed by atoms with Crippen LogP contribution in [0, 0.1) is 6.92 Å². The van der Waals surface area contributed by atoms with Crippen LogP contribution in [-0.4, -0.2) is 15.0 Å². The monoisotopic (exact) mass is 413 g/mol. The van der Waals surface area contributed by atoms with Crippen LogP contribution in [0.3, 0.4) is 0 Å². The predicted molar refractivity (Wildman–Crippen MR) is 122 cm³/mol. The molecule has 0 radical (unpaired) electrons. The van der Waals surface area contributed by atoms with Gasteiger partial charge in [0.1, 0.15) is 6.54 Å². The molecule has 4 rings (SSSR count). The maximum atomic E-state index is 13.2. The van der Waals surface area contributed by atoms with Gasteiger partial charge >= 0.3 is 5.69 Å². The molecule has 0 unspecified atom stereocenters. The average Bonchev–Trinajstić information content (AvgIpc) is 2.79. The summed E-state index contributed by atoms with van der Waals surface area (Å²) in [5.74, 6) is -0.329. The van der Waals surface area contributed by atoms with E-state index in [9.17, 15) is 14.4 Å². The molecule has 6 nitrogen and oxygen atoms in total. The number of anilines is 1. The minimum atomic E-state index is -0.487.